The fourth-order valence-corrected chi connectivity index (χ4v) is 0.571. The topological polar surface area (TPSA) is 116 Å². The number of amides is 1. The van der Waals surface area contributed by atoms with Gasteiger partial charge in [0.25, 0.3) is 0 Å². The quantitative estimate of drug-likeness (QED) is 0.416. The molecule has 7 heteroatoms. The highest BCUT2D eigenvalue weighted by Gasteiger charge is 2.19. The Morgan fingerprint density at radius 3 is 2.73 bits per heavy atom. The first-order valence-corrected chi connectivity index (χ1v) is 2.66. The van der Waals surface area contributed by atoms with Crippen molar-refractivity contribution in [2.75, 3.05) is 0 Å². The molecular formula is C4H5N4O3+. The maximum Gasteiger partial charge on any atom is 0.380 e. The lowest BCUT2D eigenvalue weighted by atomic mass is 10.4. The lowest BCUT2D eigenvalue weighted by molar-refractivity contribution is -0.472. The van der Waals surface area contributed by atoms with Crippen molar-refractivity contribution in [2.45, 2.75) is 0 Å². The summed E-state index contributed by atoms with van der Waals surface area (Å²) in [7, 11) is 0. The lowest BCUT2D eigenvalue weighted by Gasteiger charge is -1.81. The fraction of sp³-hybridized carbons (Fsp3) is 0. The van der Waals surface area contributed by atoms with E-state index in [2.05, 4.69) is 10.2 Å². The molecule has 0 unspecified atom stereocenters. The molecule has 0 radical (unpaired) electrons. The molecule has 0 saturated heterocycles. The molecule has 0 saturated carbocycles. The highest BCUT2D eigenvalue weighted by Crippen LogP contribution is 2.03. The molecule has 1 rings (SSSR count). The van der Waals surface area contributed by atoms with Crippen molar-refractivity contribution in [3.05, 3.63) is 21.9 Å². The van der Waals surface area contributed by atoms with E-state index in [0.29, 0.717) is 0 Å². The van der Waals surface area contributed by atoms with Crippen molar-refractivity contribution in [2.24, 2.45) is 5.73 Å². The number of nitro groups is 1. The van der Waals surface area contributed by atoms with E-state index in [1.807, 2.05) is 0 Å². The second-order valence-electron chi connectivity index (χ2n) is 1.81. The van der Waals surface area contributed by atoms with Crippen molar-refractivity contribution in [1.82, 2.24) is 5.10 Å². The third kappa shape index (κ3) is 1.31. The van der Waals surface area contributed by atoms with Gasteiger partial charge in [-0.15, -0.1) is 0 Å². The first-order chi connectivity index (χ1) is 5.11. The van der Waals surface area contributed by atoms with Crippen LogP contribution in [0.2, 0.25) is 0 Å². The van der Waals surface area contributed by atoms with Crippen molar-refractivity contribution in [1.29, 1.82) is 0 Å². The molecule has 0 fully saturated rings. The maximum absolute atomic E-state index is 10.4. The number of rotatable bonds is 2. The Balaban J connectivity index is 2.99. The lowest BCUT2D eigenvalue weighted by Crippen LogP contribution is -2.21. The number of primary amides is 1. The Morgan fingerprint density at radius 2 is 2.45 bits per heavy atom. The van der Waals surface area contributed by atoms with Crippen LogP contribution in [-0.2, 0) is 0 Å². The number of nitrogens with zero attached hydrogens (tertiary/aromatic N) is 1. The zero-order valence-electron chi connectivity index (χ0n) is 5.33. The molecule has 0 aliphatic carbocycles. The van der Waals surface area contributed by atoms with Gasteiger partial charge in [-0.1, -0.05) is 0 Å². The van der Waals surface area contributed by atoms with Gasteiger partial charge in [0.2, 0.25) is 0 Å². The van der Waals surface area contributed by atoms with Gasteiger partial charge in [0.05, 0.1) is 0 Å². The Kier molecular flexibility index (Phi) is 1.55. The molecule has 1 aromatic rings. The third-order valence-corrected chi connectivity index (χ3v) is 1.07. The number of hydrogen-bond donors (Lipinski definition) is 2. The predicted molar refractivity (Wildman–Crippen MR) is 32.5 cm³/mol. The molecule has 11 heavy (non-hydrogen) atoms. The van der Waals surface area contributed by atoms with Gasteiger partial charge in [-0.2, -0.15) is 0 Å². The van der Waals surface area contributed by atoms with Gasteiger partial charge in [0.15, 0.2) is 0 Å². The predicted octanol–water partition coefficient (Wildman–Crippen LogP) is -1.16. The van der Waals surface area contributed by atoms with Gasteiger partial charge in [-0.3, -0.25) is 4.79 Å². The minimum absolute atomic E-state index is 0.0169. The van der Waals surface area contributed by atoms with Crippen molar-refractivity contribution >= 4 is 11.7 Å². The number of carbonyl (C=O) groups is 1. The molecule has 0 spiro atoms. The number of hydrogen-bond acceptors (Lipinski definition) is 3. The minimum Gasteiger partial charge on any atom is -0.360 e. The SMILES string of the molecule is NC(=O)c1cc([N+](=O)[O-])[nH][nH+]1. The first kappa shape index (κ1) is 7.19. The summed E-state index contributed by atoms with van der Waals surface area (Å²) in [6.45, 7) is 0. The van der Waals surface area contributed by atoms with Gasteiger partial charge in [-0.25, -0.2) is 0 Å². The van der Waals surface area contributed by atoms with Crippen molar-refractivity contribution in [3.8, 4) is 0 Å². The molecule has 0 bridgehead atoms. The molecule has 0 aliphatic rings. The third-order valence-electron chi connectivity index (χ3n) is 1.07. The van der Waals surface area contributed by atoms with Crippen LogP contribution in [0.1, 0.15) is 10.5 Å². The van der Waals surface area contributed by atoms with E-state index >= 15 is 0 Å². The van der Waals surface area contributed by atoms with Crippen LogP contribution in [0.15, 0.2) is 6.07 Å². The molecule has 1 amide bonds. The normalized spacial score (nSPS) is 9.45. The van der Waals surface area contributed by atoms with Gasteiger partial charge in [0.1, 0.15) is 6.07 Å². The van der Waals surface area contributed by atoms with E-state index < -0.39 is 10.8 Å². The number of nitrogens with two attached hydrogens (primary N) is 1. The van der Waals surface area contributed by atoms with E-state index in [1.165, 1.54) is 0 Å². The second kappa shape index (κ2) is 2.37. The largest absolute Gasteiger partial charge is 0.380 e. The van der Waals surface area contributed by atoms with E-state index in [4.69, 9.17) is 5.73 Å². The molecule has 0 atom stereocenters. The summed E-state index contributed by atoms with van der Waals surface area (Å²) in [4.78, 5) is 19.8. The fourth-order valence-electron chi connectivity index (χ4n) is 0.571. The minimum atomic E-state index is -0.741. The van der Waals surface area contributed by atoms with Crippen LogP contribution in [0.4, 0.5) is 5.82 Å². The number of aromatic nitrogens is 2. The van der Waals surface area contributed by atoms with E-state index in [0.717, 1.165) is 6.07 Å². The molecule has 4 N–H and O–H groups in total. The summed E-state index contributed by atoms with van der Waals surface area (Å²) in [5.41, 5.74) is 4.80. The summed E-state index contributed by atoms with van der Waals surface area (Å²) < 4.78 is 0. The summed E-state index contributed by atoms with van der Waals surface area (Å²) in [6, 6.07) is 1.03. The molecule has 7 nitrogen and oxygen atoms in total. The van der Waals surface area contributed by atoms with E-state index in [-0.39, 0.29) is 11.5 Å². The Morgan fingerprint density at radius 1 is 1.82 bits per heavy atom. The Labute approximate surface area is 60.3 Å². The number of aromatic amines is 2. The van der Waals surface area contributed by atoms with Crippen LogP contribution in [0.25, 0.3) is 0 Å². The van der Waals surface area contributed by atoms with Crippen LogP contribution < -0.4 is 10.8 Å². The molecule has 0 aliphatic heterocycles. The van der Waals surface area contributed by atoms with Gasteiger partial charge in [-0.05, 0) is 15.1 Å². The molecule has 0 aromatic carbocycles. The van der Waals surface area contributed by atoms with Crippen LogP contribution in [0.5, 0.6) is 0 Å². The Bertz CT molecular complexity index is 276. The summed E-state index contributed by atoms with van der Waals surface area (Å²) in [6.07, 6.45) is 0. The molecule has 58 valence electrons. The van der Waals surface area contributed by atoms with Gasteiger partial charge in [0, 0.05) is 0 Å². The monoisotopic (exact) mass is 157 g/mol. The van der Waals surface area contributed by atoms with Crippen LogP contribution in [-0.4, -0.2) is 15.9 Å². The molecule has 1 aromatic heterocycles. The number of H-pyrrole nitrogens is 2. The van der Waals surface area contributed by atoms with Gasteiger partial charge < -0.3 is 15.8 Å². The number of nitrogens with one attached hydrogen (secondary N) is 2. The zero-order chi connectivity index (χ0) is 8.43. The van der Waals surface area contributed by atoms with Crippen LogP contribution >= 0.6 is 0 Å². The number of carbonyl (C=O) groups excluding carboxylic acids is 1. The highest BCUT2D eigenvalue weighted by molar-refractivity contribution is 5.89. The summed E-state index contributed by atoms with van der Waals surface area (Å²) in [5, 5.41) is 14.4. The molecular weight excluding hydrogens is 152 g/mol. The van der Waals surface area contributed by atoms with E-state index in [9.17, 15) is 14.9 Å². The highest BCUT2D eigenvalue weighted by atomic mass is 16.6. The Hall–Kier alpha value is -1.92. The zero-order valence-corrected chi connectivity index (χ0v) is 5.33. The smallest absolute Gasteiger partial charge is 0.360 e. The average Bonchev–Trinajstić information content (AvgIpc) is 2.33. The van der Waals surface area contributed by atoms with Gasteiger partial charge >= 0.3 is 17.4 Å². The maximum atomic E-state index is 10.4. The van der Waals surface area contributed by atoms with E-state index in [1.54, 1.807) is 0 Å². The molecule has 1 heterocycles. The standard InChI is InChI=1S/C4H4N4O3/c5-4(9)2-1-3(7-6-2)8(10)11/h1H,(H2,5,9)(H,6,7)/p+1. The van der Waals surface area contributed by atoms with Crippen molar-refractivity contribution < 1.29 is 14.8 Å². The summed E-state index contributed by atoms with van der Waals surface area (Å²) >= 11 is 0. The van der Waals surface area contributed by atoms with Crippen molar-refractivity contribution in [3.63, 3.8) is 0 Å². The second-order valence-corrected chi connectivity index (χ2v) is 1.81. The first-order valence-electron chi connectivity index (χ1n) is 2.66. The average molecular weight is 157 g/mol. The summed E-state index contributed by atoms with van der Waals surface area (Å²) in [5.74, 6) is -1.03. The van der Waals surface area contributed by atoms with Crippen LogP contribution in [0.3, 0.4) is 0 Å². The van der Waals surface area contributed by atoms with Crippen LogP contribution in [0, 0.1) is 10.1 Å².